The van der Waals surface area contributed by atoms with Crippen LogP contribution in [-0.2, 0) is 16.0 Å². The van der Waals surface area contributed by atoms with E-state index in [0.29, 0.717) is 0 Å². The molecule has 0 aliphatic carbocycles. The van der Waals surface area contributed by atoms with E-state index in [1.54, 1.807) is 0 Å². The summed E-state index contributed by atoms with van der Waals surface area (Å²) in [5.74, 6) is -1.30. The number of hydrogen-bond donors (Lipinski definition) is 1. The summed E-state index contributed by atoms with van der Waals surface area (Å²) in [6.45, 7) is 0. The zero-order valence-corrected chi connectivity index (χ0v) is 7.91. The summed E-state index contributed by atoms with van der Waals surface area (Å²) >= 11 is 0. The number of rotatable bonds is 3. The highest BCUT2D eigenvalue weighted by molar-refractivity contribution is 5.72. The lowest BCUT2D eigenvalue weighted by Gasteiger charge is -2.06. The molecule has 0 saturated heterocycles. The Kier molecular flexibility index (Phi) is 3.54. The molecule has 6 heteroatoms. The van der Waals surface area contributed by atoms with Crippen LogP contribution in [0.15, 0.2) is 12.3 Å². The fraction of sp³-hybridized carbons (Fsp3) is 0.333. The highest BCUT2D eigenvalue weighted by atomic mass is 19.3. The molecule has 1 rings (SSSR count). The summed E-state index contributed by atoms with van der Waals surface area (Å²) in [5.41, 5.74) is -0.649. The lowest BCUT2D eigenvalue weighted by atomic mass is 10.1. The molecule has 0 aliphatic rings. The zero-order valence-electron chi connectivity index (χ0n) is 7.91. The van der Waals surface area contributed by atoms with Crippen molar-refractivity contribution < 1.29 is 23.4 Å². The van der Waals surface area contributed by atoms with Crippen molar-refractivity contribution >= 4 is 5.97 Å². The number of methoxy groups -OCH3 is 1. The number of hydrogen-bond acceptors (Lipinski definition) is 4. The second-order valence-corrected chi connectivity index (χ2v) is 2.75. The topological polar surface area (TPSA) is 59.4 Å². The average Bonchev–Trinajstić information content (AvgIpc) is 2.20. The second kappa shape index (κ2) is 4.68. The molecule has 1 heterocycles. The van der Waals surface area contributed by atoms with Crippen LogP contribution < -0.4 is 0 Å². The zero-order chi connectivity index (χ0) is 11.4. The molecule has 0 radical (unpaired) electrons. The number of carbonyl (C=O) groups excluding carboxylic acids is 1. The van der Waals surface area contributed by atoms with Gasteiger partial charge in [0, 0.05) is 6.20 Å². The Morgan fingerprint density at radius 1 is 1.67 bits per heavy atom. The first kappa shape index (κ1) is 11.4. The molecule has 0 aromatic carbocycles. The Morgan fingerprint density at radius 2 is 2.33 bits per heavy atom. The van der Waals surface area contributed by atoms with Gasteiger partial charge in [-0.3, -0.25) is 9.78 Å². The predicted molar refractivity (Wildman–Crippen MR) is 46.6 cm³/mol. The third-order valence-corrected chi connectivity index (χ3v) is 1.81. The van der Waals surface area contributed by atoms with Gasteiger partial charge in [-0.2, -0.15) is 0 Å². The maximum Gasteiger partial charge on any atom is 0.311 e. The van der Waals surface area contributed by atoms with Crippen molar-refractivity contribution in [3.05, 3.63) is 23.5 Å². The first-order valence-electron chi connectivity index (χ1n) is 4.08. The summed E-state index contributed by atoms with van der Waals surface area (Å²) in [6.07, 6.45) is -2.02. The minimum atomic E-state index is -2.80. The van der Waals surface area contributed by atoms with Crippen molar-refractivity contribution in [3.63, 3.8) is 0 Å². The van der Waals surface area contributed by atoms with Crippen molar-refractivity contribution in [3.8, 4) is 5.75 Å². The summed E-state index contributed by atoms with van der Waals surface area (Å²) in [7, 11) is 1.16. The summed E-state index contributed by atoms with van der Waals surface area (Å²) in [5, 5.41) is 9.35. The van der Waals surface area contributed by atoms with E-state index in [1.807, 2.05) is 0 Å². The average molecular weight is 217 g/mol. The standard InChI is InChI=1S/C9H9F2NO3/c1-15-7(13)4-6-8(14)5(9(10)11)2-3-12-6/h2-3,9,14H,4H2,1H3. The lowest BCUT2D eigenvalue weighted by Crippen LogP contribution is -2.07. The van der Waals surface area contributed by atoms with Crippen LogP contribution in [0, 0.1) is 0 Å². The highest BCUT2D eigenvalue weighted by Gasteiger charge is 2.18. The van der Waals surface area contributed by atoms with Gasteiger partial charge in [-0.1, -0.05) is 0 Å². The van der Waals surface area contributed by atoms with Crippen LogP contribution in [-0.4, -0.2) is 23.2 Å². The number of alkyl halides is 2. The van der Waals surface area contributed by atoms with Gasteiger partial charge in [0.15, 0.2) is 0 Å². The molecule has 0 atom stereocenters. The Labute approximate surface area is 84.5 Å². The maximum absolute atomic E-state index is 12.3. The van der Waals surface area contributed by atoms with Gasteiger partial charge in [-0.05, 0) is 6.07 Å². The van der Waals surface area contributed by atoms with Crippen molar-refractivity contribution in [2.45, 2.75) is 12.8 Å². The van der Waals surface area contributed by atoms with Gasteiger partial charge in [-0.25, -0.2) is 8.78 Å². The smallest absolute Gasteiger partial charge is 0.311 e. The SMILES string of the molecule is COC(=O)Cc1nccc(C(F)F)c1O. The van der Waals surface area contributed by atoms with E-state index in [4.69, 9.17) is 0 Å². The number of aromatic hydroxyl groups is 1. The molecular weight excluding hydrogens is 208 g/mol. The number of ether oxygens (including phenoxy) is 1. The number of nitrogens with zero attached hydrogens (tertiary/aromatic N) is 1. The molecule has 15 heavy (non-hydrogen) atoms. The minimum Gasteiger partial charge on any atom is -0.506 e. The lowest BCUT2D eigenvalue weighted by molar-refractivity contribution is -0.139. The van der Waals surface area contributed by atoms with Crippen LogP contribution in [0.1, 0.15) is 17.7 Å². The molecule has 1 aromatic rings. The van der Waals surface area contributed by atoms with E-state index in [2.05, 4.69) is 9.72 Å². The van der Waals surface area contributed by atoms with E-state index < -0.39 is 23.7 Å². The molecule has 0 saturated carbocycles. The van der Waals surface area contributed by atoms with Crippen molar-refractivity contribution in [1.29, 1.82) is 0 Å². The fourth-order valence-corrected chi connectivity index (χ4v) is 1.03. The Hall–Kier alpha value is -1.72. The van der Waals surface area contributed by atoms with E-state index >= 15 is 0 Å². The molecule has 1 N–H and O–H groups in total. The predicted octanol–water partition coefficient (Wildman–Crippen LogP) is 1.44. The molecule has 0 unspecified atom stereocenters. The van der Waals surface area contributed by atoms with E-state index in [9.17, 15) is 18.7 Å². The van der Waals surface area contributed by atoms with Gasteiger partial charge in [-0.15, -0.1) is 0 Å². The third kappa shape index (κ3) is 2.61. The van der Waals surface area contributed by atoms with E-state index in [0.717, 1.165) is 19.4 Å². The molecule has 0 fully saturated rings. The van der Waals surface area contributed by atoms with Crippen LogP contribution in [0.3, 0.4) is 0 Å². The Bertz CT molecular complexity index is 368. The largest absolute Gasteiger partial charge is 0.506 e. The van der Waals surface area contributed by atoms with Crippen LogP contribution in [0.25, 0.3) is 0 Å². The summed E-state index contributed by atoms with van der Waals surface area (Å²) < 4.78 is 29.0. The van der Waals surface area contributed by atoms with Gasteiger partial charge in [0.2, 0.25) is 0 Å². The van der Waals surface area contributed by atoms with Gasteiger partial charge in [0.25, 0.3) is 6.43 Å². The number of esters is 1. The Balaban J connectivity index is 2.99. The van der Waals surface area contributed by atoms with E-state index in [1.165, 1.54) is 0 Å². The number of aromatic nitrogens is 1. The monoisotopic (exact) mass is 217 g/mol. The molecule has 0 spiro atoms. The van der Waals surface area contributed by atoms with Crippen molar-refractivity contribution in [2.24, 2.45) is 0 Å². The van der Waals surface area contributed by atoms with Gasteiger partial charge >= 0.3 is 5.97 Å². The summed E-state index contributed by atoms with van der Waals surface area (Å²) in [6, 6.07) is 1.00. The first-order valence-corrected chi connectivity index (χ1v) is 4.08. The van der Waals surface area contributed by atoms with Crippen LogP contribution in [0.5, 0.6) is 5.75 Å². The Morgan fingerprint density at radius 3 is 2.87 bits per heavy atom. The van der Waals surface area contributed by atoms with E-state index in [-0.39, 0.29) is 12.1 Å². The molecule has 1 aromatic heterocycles. The minimum absolute atomic E-state index is 0.111. The molecule has 4 nitrogen and oxygen atoms in total. The number of halogens is 2. The molecule has 0 aliphatic heterocycles. The molecule has 82 valence electrons. The van der Waals surface area contributed by atoms with Gasteiger partial charge in [0.1, 0.15) is 5.75 Å². The quantitative estimate of drug-likeness (QED) is 0.778. The third-order valence-electron chi connectivity index (χ3n) is 1.81. The molecule has 0 amide bonds. The van der Waals surface area contributed by atoms with Crippen molar-refractivity contribution in [1.82, 2.24) is 4.98 Å². The van der Waals surface area contributed by atoms with Gasteiger partial charge in [0.05, 0.1) is 24.8 Å². The molecular formula is C9H9F2NO3. The number of pyridine rings is 1. The molecule has 0 bridgehead atoms. The van der Waals surface area contributed by atoms with Crippen LogP contribution >= 0.6 is 0 Å². The first-order chi connectivity index (χ1) is 7.06. The highest BCUT2D eigenvalue weighted by Crippen LogP contribution is 2.29. The summed E-state index contributed by atoms with van der Waals surface area (Å²) in [4.78, 5) is 14.5. The fourth-order valence-electron chi connectivity index (χ4n) is 1.03. The van der Waals surface area contributed by atoms with Crippen molar-refractivity contribution in [2.75, 3.05) is 7.11 Å². The normalized spacial score (nSPS) is 10.4. The second-order valence-electron chi connectivity index (χ2n) is 2.75. The number of carbonyl (C=O) groups is 1. The maximum atomic E-state index is 12.3. The van der Waals surface area contributed by atoms with Gasteiger partial charge < -0.3 is 9.84 Å². The van der Waals surface area contributed by atoms with Crippen LogP contribution in [0.4, 0.5) is 8.78 Å². The van der Waals surface area contributed by atoms with Crippen LogP contribution in [0.2, 0.25) is 0 Å².